The summed E-state index contributed by atoms with van der Waals surface area (Å²) < 4.78 is 7.36. The van der Waals surface area contributed by atoms with E-state index in [0.29, 0.717) is 50.2 Å². The average molecular weight is 509 g/mol. The summed E-state index contributed by atoms with van der Waals surface area (Å²) in [5, 5.41) is 3.50. The van der Waals surface area contributed by atoms with Gasteiger partial charge in [0.15, 0.2) is 5.78 Å². The van der Waals surface area contributed by atoms with Gasteiger partial charge in [0.1, 0.15) is 0 Å². The van der Waals surface area contributed by atoms with Crippen molar-refractivity contribution in [3.05, 3.63) is 46.3 Å². The lowest BCUT2D eigenvalue weighted by Crippen LogP contribution is -2.41. The van der Waals surface area contributed by atoms with E-state index >= 15 is 0 Å². The van der Waals surface area contributed by atoms with Crippen molar-refractivity contribution in [1.82, 2.24) is 9.47 Å². The van der Waals surface area contributed by atoms with Crippen LogP contribution in [0.4, 0.5) is 5.69 Å². The third kappa shape index (κ3) is 5.30. The van der Waals surface area contributed by atoms with E-state index in [1.165, 1.54) is 0 Å². The smallest absolute Gasteiger partial charge is 0.250 e. The molecule has 4 rings (SSSR count). The number of benzene rings is 1. The standard InChI is InChI=1S/C29H40N4O4/c1-17-16-32(26(35)10-12-37-6)11-9-23-18(2)27-24(14-29(4,5)15-25(27)34)33(23)20-7-8-21(28(30)36)22(13-20)31-19(17)3/h7-8,13,17,19,31H,9-12,14-16H2,1-6H3,(H2,30,36)/t17-,19+/m1/s1. The predicted octanol–water partition coefficient (Wildman–Crippen LogP) is 3.90. The zero-order valence-corrected chi connectivity index (χ0v) is 22.9. The van der Waals surface area contributed by atoms with E-state index < -0.39 is 5.91 Å². The van der Waals surface area contributed by atoms with E-state index in [2.05, 4.69) is 37.6 Å². The first-order chi connectivity index (χ1) is 17.4. The van der Waals surface area contributed by atoms with Crippen LogP contribution in [0, 0.1) is 18.3 Å². The number of Topliss-reactive ketones (excluding diaryl/α,β-unsaturated/α-hetero) is 1. The Balaban J connectivity index is 1.91. The highest BCUT2D eigenvalue weighted by molar-refractivity contribution is 6.01. The van der Waals surface area contributed by atoms with Gasteiger partial charge in [-0.25, -0.2) is 0 Å². The van der Waals surface area contributed by atoms with Crippen molar-refractivity contribution in [2.24, 2.45) is 17.1 Å². The Labute approximate surface area is 219 Å². The topological polar surface area (TPSA) is 107 Å². The first-order valence-corrected chi connectivity index (χ1v) is 13.2. The van der Waals surface area contributed by atoms with Crippen molar-refractivity contribution in [3.63, 3.8) is 0 Å². The van der Waals surface area contributed by atoms with Gasteiger partial charge in [-0.2, -0.15) is 0 Å². The molecular weight excluding hydrogens is 468 g/mol. The van der Waals surface area contributed by atoms with Crippen LogP contribution in [0.5, 0.6) is 0 Å². The third-order valence-corrected chi connectivity index (χ3v) is 7.96. The van der Waals surface area contributed by atoms with Crippen molar-refractivity contribution in [1.29, 1.82) is 0 Å². The fourth-order valence-corrected chi connectivity index (χ4v) is 5.80. The van der Waals surface area contributed by atoms with E-state index in [4.69, 9.17) is 10.5 Å². The van der Waals surface area contributed by atoms with E-state index in [1.807, 2.05) is 24.0 Å². The highest BCUT2D eigenvalue weighted by Gasteiger charge is 2.37. The number of carbonyl (C=O) groups excluding carboxylic acids is 3. The van der Waals surface area contributed by atoms with Crippen LogP contribution in [-0.4, -0.2) is 59.9 Å². The molecule has 0 saturated heterocycles. The number of hydrogen-bond donors (Lipinski definition) is 2. The Morgan fingerprint density at radius 3 is 2.59 bits per heavy atom. The SMILES string of the molecule is COCCC(=O)N1CCc2c(C)c3c(n2-c2ccc(C(N)=O)c(c2)N[C@@H](C)[C@H](C)C1)CC(C)(C)CC3=O. The highest BCUT2D eigenvalue weighted by atomic mass is 16.5. The largest absolute Gasteiger partial charge is 0.384 e. The summed E-state index contributed by atoms with van der Waals surface area (Å²) in [4.78, 5) is 40.7. The normalized spacial score (nSPS) is 21.2. The van der Waals surface area contributed by atoms with Gasteiger partial charge >= 0.3 is 0 Å². The Morgan fingerprint density at radius 1 is 1.19 bits per heavy atom. The number of nitrogens with two attached hydrogens (primary N) is 1. The van der Waals surface area contributed by atoms with E-state index in [9.17, 15) is 14.4 Å². The van der Waals surface area contributed by atoms with Crippen molar-refractivity contribution in [2.75, 3.05) is 32.1 Å². The molecule has 0 saturated carbocycles. The van der Waals surface area contributed by atoms with Crippen LogP contribution in [0.15, 0.2) is 18.2 Å². The summed E-state index contributed by atoms with van der Waals surface area (Å²) >= 11 is 0. The van der Waals surface area contributed by atoms with Crippen molar-refractivity contribution in [2.45, 2.75) is 66.3 Å². The van der Waals surface area contributed by atoms with Crippen LogP contribution >= 0.6 is 0 Å². The van der Waals surface area contributed by atoms with Crippen LogP contribution in [-0.2, 0) is 22.4 Å². The molecular formula is C29H40N4O4. The third-order valence-electron chi connectivity index (χ3n) is 7.96. The van der Waals surface area contributed by atoms with Crippen LogP contribution in [0.25, 0.3) is 5.69 Å². The maximum atomic E-state index is 13.3. The van der Waals surface area contributed by atoms with E-state index in [-0.39, 0.29) is 29.1 Å². The van der Waals surface area contributed by atoms with Crippen LogP contribution < -0.4 is 11.1 Å². The minimum absolute atomic E-state index is 0.0224. The maximum Gasteiger partial charge on any atom is 0.250 e. The number of nitrogens with zero attached hydrogens (tertiary/aromatic N) is 2. The Bertz CT molecular complexity index is 1230. The number of ketones is 1. The molecule has 0 fully saturated rings. The molecule has 2 amide bonds. The van der Waals surface area contributed by atoms with Crippen LogP contribution in [0.1, 0.15) is 78.2 Å². The number of aromatic nitrogens is 1. The molecule has 37 heavy (non-hydrogen) atoms. The van der Waals surface area contributed by atoms with Gasteiger partial charge in [-0.3, -0.25) is 14.4 Å². The number of rotatable bonds is 4. The molecule has 2 atom stereocenters. The first-order valence-electron chi connectivity index (χ1n) is 13.2. The summed E-state index contributed by atoms with van der Waals surface area (Å²) in [5.41, 5.74) is 11.4. The van der Waals surface area contributed by atoms with Gasteiger partial charge in [-0.05, 0) is 55.4 Å². The van der Waals surface area contributed by atoms with Gasteiger partial charge in [-0.15, -0.1) is 0 Å². The van der Waals surface area contributed by atoms with Gasteiger partial charge in [0.25, 0.3) is 5.91 Å². The summed E-state index contributed by atoms with van der Waals surface area (Å²) in [6.45, 7) is 11.9. The minimum atomic E-state index is -0.500. The van der Waals surface area contributed by atoms with Gasteiger partial charge in [0, 0.05) is 67.4 Å². The molecule has 1 aromatic heterocycles. The van der Waals surface area contributed by atoms with Crippen LogP contribution in [0.2, 0.25) is 0 Å². The maximum absolute atomic E-state index is 13.3. The molecule has 2 aliphatic rings. The van der Waals surface area contributed by atoms with Crippen molar-refractivity contribution in [3.8, 4) is 5.69 Å². The quantitative estimate of drug-likeness (QED) is 0.652. The van der Waals surface area contributed by atoms with Gasteiger partial charge in [0.05, 0.1) is 18.6 Å². The molecule has 0 unspecified atom stereocenters. The number of amides is 2. The summed E-state index contributed by atoms with van der Waals surface area (Å²) in [6, 6.07) is 5.63. The first kappa shape index (κ1) is 26.9. The molecule has 2 bridgehead atoms. The number of hydrogen-bond acceptors (Lipinski definition) is 5. The lowest BCUT2D eigenvalue weighted by atomic mass is 9.75. The molecule has 8 nitrogen and oxygen atoms in total. The molecule has 0 radical (unpaired) electrons. The number of methoxy groups -OCH3 is 1. The second-order valence-corrected chi connectivity index (χ2v) is 11.5. The molecule has 3 N–H and O–H groups in total. The number of nitrogens with one attached hydrogen (secondary N) is 1. The predicted molar refractivity (Wildman–Crippen MR) is 144 cm³/mol. The second kappa shape index (κ2) is 10.3. The lowest BCUT2D eigenvalue weighted by Gasteiger charge is -2.32. The summed E-state index contributed by atoms with van der Waals surface area (Å²) in [5.74, 6) is -0.180. The zero-order chi connectivity index (χ0) is 27.1. The van der Waals surface area contributed by atoms with E-state index in [1.54, 1.807) is 13.2 Å². The minimum Gasteiger partial charge on any atom is -0.384 e. The Kier molecular flexibility index (Phi) is 7.51. The molecule has 2 heterocycles. The molecule has 200 valence electrons. The number of ether oxygens (including phenoxy) is 1. The summed E-state index contributed by atoms with van der Waals surface area (Å²) in [6.07, 6.45) is 2.21. The van der Waals surface area contributed by atoms with Crippen molar-refractivity contribution >= 4 is 23.3 Å². The van der Waals surface area contributed by atoms with Gasteiger partial charge in [-0.1, -0.05) is 20.8 Å². The number of anilines is 1. The Morgan fingerprint density at radius 2 is 1.92 bits per heavy atom. The highest BCUT2D eigenvalue weighted by Crippen LogP contribution is 2.40. The second-order valence-electron chi connectivity index (χ2n) is 11.5. The molecule has 8 heteroatoms. The number of primary amides is 1. The van der Waals surface area contributed by atoms with Crippen molar-refractivity contribution < 1.29 is 19.1 Å². The van der Waals surface area contributed by atoms with E-state index in [0.717, 1.165) is 34.6 Å². The monoisotopic (exact) mass is 508 g/mol. The molecule has 2 aromatic rings. The fraction of sp³-hybridized carbons (Fsp3) is 0.552. The van der Waals surface area contributed by atoms with Crippen LogP contribution in [0.3, 0.4) is 0 Å². The molecule has 1 aromatic carbocycles. The number of carbonyl (C=O) groups is 3. The van der Waals surface area contributed by atoms with Gasteiger partial charge in [0.2, 0.25) is 5.91 Å². The molecule has 1 aliphatic heterocycles. The Hall–Kier alpha value is -3.13. The molecule has 1 aliphatic carbocycles. The molecule has 0 spiro atoms. The fourth-order valence-electron chi connectivity index (χ4n) is 5.80. The lowest BCUT2D eigenvalue weighted by molar-refractivity contribution is -0.132. The average Bonchev–Trinajstić information content (AvgIpc) is 3.09. The summed E-state index contributed by atoms with van der Waals surface area (Å²) in [7, 11) is 1.60. The number of fused-ring (bicyclic) bond motifs is 6. The van der Waals surface area contributed by atoms with Gasteiger partial charge < -0.3 is 25.3 Å². The zero-order valence-electron chi connectivity index (χ0n) is 22.9.